The summed E-state index contributed by atoms with van der Waals surface area (Å²) < 4.78 is 34.6. The van der Waals surface area contributed by atoms with E-state index in [0.717, 1.165) is 44.9 Å². The Labute approximate surface area is 322 Å². The van der Waals surface area contributed by atoms with Crippen molar-refractivity contribution in [3.8, 4) is 0 Å². The van der Waals surface area contributed by atoms with Crippen molar-refractivity contribution in [3.63, 3.8) is 0 Å². The minimum Gasteiger partial charge on any atom is -0.756 e. The van der Waals surface area contributed by atoms with Crippen LogP contribution < -0.4 is 4.89 Å². The van der Waals surface area contributed by atoms with Crippen LogP contribution in [-0.2, 0) is 27.9 Å². The van der Waals surface area contributed by atoms with Gasteiger partial charge in [-0.1, -0.05) is 167 Å². The number of carbonyl (C=O) groups is 1. The minimum atomic E-state index is -4.52. The van der Waals surface area contributed by atoms with Crippen LogP contribution in [0.2, 0.25) is 0 Å². The molecule has 0 rings (SSSR count). The Hall–Kier alpha value is -0.760. The number of hydrogen-bond donors (Lipinski definition) is 0. The van der Waals surface area contributed by atoms with Crippen LogP contribution in [-0.4, -0.2) is 70.7 Å². The zero-order valence-corrected chi connectivity index (χ0v) is 35.9. The van der Waals surface area contributed by atoms with Gasteiger partial charge in [0.2, 0.25) is 0 Å². The molecule has 0 saturated carbocycles. The minimum absolute atomic E-state index is 0.0277. The fourth-order valence-corrected chi connectivity index (χ4v) is 6.86. The van der Waals surface area contributed by atoms with Gasteiger partial charge in [0.15, 0.2) is 0 Å². The summed E-state index contributed by atoms with van der Waals surface area (Å²) in [7, 11) is 1.36. The summed E-state index contributed by atoms with van der Waals surface area (Å²) in [5.74, 6) is -0.339. The zero-order valence-electron chi connectivity index (χ0n) is 35.0. The molecule has 0 saturated heterocycles. The Bertz CT molecular complexity index is 848. The molecule has 0 aliphatic rings. The van der Waals surface area contributed by atoms with E-state index in [9.17, 15) is 14.3 Å². The van der Waals surface area contributed by atoms with Crippen LogP contribution in [0.1, 0.15) is 200 Å². The second-order valence-electron chi connectivity index (χ2n) is 16.1. The average molecular weight is 760 g/mol. The fraction of sp³-hybridized carbons (Fsp3) is 0.930. The molecular formula is C43H86NO7P. The number of nitrogens with zero attached hydrogens (tertiary/aromatic N) is 1. The van der Waals surface area contributed by atoms with E-state index in [-0.39, 0.29) is 25.8 Å². The first-order valence-electron chi connectivity index (χ1n) is 21.9. The molecule has 310 valence electrons. The molecule has 0 aromatic carbocycles. The maximum atomic E-state index is 12.7. The summed E-state index contributed by atoms with van der Waals surface area (Å²) in [6.45, 7) is 5.43. The molecule has 8 nitrogen and oxygen atoms in total. The van der Waals surface area contributed by atoms with E-state index in [0.29, 0.717) is 24.1 Å². The van der Waals surface area contributed by atoms with E-state index in [1.165, 1.54) is 135 Å². The Morgan fingerprint density at radius 3 is 1.46 bits per heavy atom. The lowest BCUT2D eigenvalue weighted by Gasteiger charge is -2.28. The van der Waals surface area contributed by atoms with Gasteiger partial charge in [-0.3, -0.25) is 9.36 Å². The highest BCUT2D eigenvalue weighted by Crippen LogP contribution is 2.38. The number of quaternary nitrogens is 1. The molecule has 0 aliphatic heterocycles. The zero-order chi connectivity index (χ0) is 38.4. The average Bonchev–Trinajstić information content (AvgIpc) is 3.09. The molecule has 0 aromatic heterocycles. The normalized spacial score (nSPS) is 13.9. The van der Waals surface area contributed by atoms with Crippen molar-refractivity contribution in [2.45, 2.75) is 206 Å². The van der Waals surface area contributed by atoms with Gasteiger partial charge < -0.3 is 27.9 Å². The van der Waals surface area contributed by atoms with Crippen LogP contribution in [0.4, 0.5) is 0 Å². The third-order valence-electron chi connectivity index (χ3n) is 9.57. The molecule has 0 aromatic rings. The van der Waals surface area contributed by atoms with Crippen molar-refractivity contribution in [2.75, 3.05) is 54.1 Å². The molecule has 52 heavy (non-hydrogen) atoms. The highest BCUT2D eigenvalue weighted by molar-refractivity contribution is 7.45. The van der Waals surface area contributed by atoms with Crippen molar-refractivity contribution in [3.05, 3.63) is 12.2 Å². The van der Waals surface area contributed by atoms with Crippen LogP contribution >= 0.6 is 7.82 Å². The summed E-state index contributed by atoms with van der Waals surface area (Å²) in [6, 6.07) is 0. The quantitative estimate of drug-likeness (QED) is 0.0201. The number of allylic oxidation sites excluding steroid dienone is 2. The molecular weight excluding hydrogens is 673 g/mol. The molecule has 0 heterocycles. The van der Waals surface area contributed by atoms with Gasteiger partial charge in [-0.15, -0.1) is 0 Å². The number of likely N-dealkylation sites (N-methyl/N-ethyl adjacent to an activating group) is 1. The summed E-state index contributed by atoms with van der Waals surface area (Å²) >= 11 is 0. The first-order valence-corrected chi connectivity index (χ1v) is 23.4. The lowest BCUT2D eigenvalue weighted by molar-refractivity contribution is -0.870. The molecule has 0 aliphatic carbocycles. The molecule has 0 spiro atoms. The second kappa shape index (κ2) is 37.2. The molecule has 9 heteroatoms. The van der Waals surface area contributed by atoms with E-state index in [2.05, 4.69) is 26.0 Å². The number of ether oxygens (including phenoxy) is 2. The molecule has 0 radical (unpaired) electrons. The molecule has 0 bridgehead atoms. The van der Waals surface area contributed by atoms with E-state index in [1.807, 2.05) is 21.1 Å². The van der Waals surface area contributed by atoms with Crippen molar-refractivity contribution < 1.29 is 37.3 Å². The predicted octanol–water partition coefficient (Wildman–Crippen LogP) is 12.0. The van der Waals surface area contributed by atoms with Gasteiger partial charge in [-0.2, -0.15) is 0 Å². The van der Waals surface area contributed by atoms with Gasteiger partial charge in [-0.05, 0) is 38.5 Å². The van der Waals surface area contributed by atoms with Gasteiger partial charge in [0, 0.05) is 13.0 Å². The van der Waals surface area contributed by atoms with Gasteiger partial charge in [0.1, 0.15) is 19.3 Å². The summed E-state index contributed by atoms with van der Waals surface area (Å²) in [5.41, 5.74) is 0. The number of unbranched alkanes of at least 4 members (excludes halogenated alkanes) is 25. The van der Waals surface area contributed by atoms with Crippen LogP contribution in [0.15, 0.2) is 12.2 Å². The molecule has 2 unspecified atom stereocenters. The predicted molar refractivity (Wildman–Crippen MR) is 217 cm³/mol. The first kappa shape index (κ1) is 51.2. The highest BCUT2D eigenvalue weighted by Gasteiger charge is 2.20. The Morgan fingerprint density at radius 1 is 0.577 bits per heavy atom. The van der Waals surface area contributed by atoms with Gasteiger partial charge in [-0.25, -0.2) is 0 Å². The fourth-order valence-electron chi connectivity index (χ4n) is 6.13. The van der Waals surface area contributed by atoms with Crippen LogP contribution in [0.5, 0.6) is 0 Å². The second-order valence-corrected chi connectivity index (χ2v) is 17.5. The Kier molecular flexibility index (Phi) is 36.6. The van der Waals surface area contributed by atoms with Crippen LogP contribution in [0.25, 0.3) is 0 Å². The number of hydrogen-bond acceptors (Lipinski definition) is 7. The third-order valence-corrected chi connectivity index (χ3v) is 10.5. The number of phosphoric acid groups is 1. The standard InChI is InChI=1S/C43H86NO7P/c1-6-8-10-12-14-16-18-20-22-24-26-28-30-32-34-36-43(45)51-42(41-50-52(46,47)49-39-37-44(3,4)5)40-48-38-35-33-31-29-27-25-23-21-19-17-15-13-11-9-7-2/h20,22,42H,6-19,21,23-41H2,1-5H3/b22-20-. The van der Waals surface area contributed by atoms with Gasteiger partial charge in [0.05, 0.1) is 34.4 Å². The molecule has 0 amide bonds. The van der Waals surface area contributed by atoms with Crippen molar-refractivity contribution in [1.82, 2.24) is 0 Å². The SMILES string of the molecule is CCCCCCCC/C=C\CCCCCCCC(=O)OC(COCCCCCCCCCCCCCCCCC)COP(=O)([O-])OCC[N+](C)(C)C. The molecule has 2 atom stereocenters. The Morgan fingerprint density at radius 2 is 1.00 bits per heavy atom. The van der Waals surface area contributed by atoms with Crippen LogP contribution in [0.3, 0.4) is 0 Å². The van der Waals surface area contributed by atoms with Crippen molar-refractivity contribution in [2.24, 2.45) is 0 Å². The van der Waals surface area contributed by atoms with E-state index in [1.54, 1.807) is 0 Å². The number of rotatable bonds is 41. The summed E-state index contributed by atoms with van der Waals surface area (Å²) in [4.78, 5) is 25.0. The number of phosphoric ester groups is 1. The first-order chi connectivity index (χ1) is 25.1. The maximum Gasteiger partial charge on any atom is 0.306 e. The topological polar surface area (TPSA) is 94.1 Å². The van der Waals surface area contributed by atoms with E-state index >= 15 is 0 Å². The Balaban J connectivity index is 4.22. The van der Waals surface area contributed by atoms with Crippen LogP contribution in [0, 0.1) is 0 Å². The number of carbonyl (C=O) groups excluding carboxylic acids is 1. The van der Waals surface area contributed by atoms with Crippen molar-refractivity contribution >= 4 is 13.8 Å². The molecule has 0 fully saturated rings. The lowest BCUT2D eigenvalue weighted by atomic mass is 10.0. The lowest BCUT2D eigenvalue weighted by Crippen LogP contribution is -2.37. The van der Waals surface area contributed by atoms with E-state index < -0.39 is 13.9 Å². The van der Waals surface area contributed by atoms with Crippen molar-refractivity contribution in [1.29, 1.82) is 0 Å². The third kappa shape index (κ3) is 40.4. The molecule has 0 N–H and O–H groups in total. The smallest absolute Gasteiger partial charge is 0.306 e. The van der Waals surface area contributed by atoms with E-state index in [4.69, 9.17) is 18.5 Å². The highest BCUT2D eigenvalue weighted by atomic mass is 31.2. The van der Waals surface area contributed by atoms with Gasteiger partial charge >= 0.3 is 5.97 Å². The monoisotopic (exact) mass is 760 g/mol. The van der Waals surface area contributed by atoms with Gasteiger partial charge in [0.25, 0.3) is 7.82 Å². The summed E-state index contributed by atoms with van der Waals surface area (Å²) in [5, 5.41) is 0. The number of esters is 1. The largest absolute Gasteiger partial charge is 0.756 e. The maximum absolute atomic E-state index is 12.7. The summed E-state index contributed by atoms with van der Waals surface area (Å²) in [6.07, 6.45) is 39.3.